The molecule has 0 aromatic carbocycles. The maximum Gasteiger partial charge on any atom is 0.155 e. The Morgan fingerprint density at radius 3 is 1.71 bits per heavy atom. The highest BCUT2D eigenvalue weighted by Crippen LogP contribution is 2.19. The second-order valence-electron chi connectivity index (χ2n) is 4.60. The van der Waals surface area contributed by atoms with Crippen LogP contribution in [-0.4, -0.2) is 45.3 Å². The fourth-order valence-corrected chi connectivity index (χ4v) is 3.61. The molecular weight excluding hydrogens is 240 g/mol. The van der Waals surface area contributed by atoms with E-state index in [-0.39, 0.29) is 23.7 Å². The molecule has 0 bridgehead atoms. The normalized spacial score (nSPS) is 27.4. The molecular formula is C12H24O4S. The van der Waals surface area contributed by atoms with E-state index < -0.39 is 9.84 Å². The molecule has 0 aliphatic carbocycles. The Hall–Kier alpha value is -0.130. The molecule has 0 saturated carbocycles. The molecule has 0 aromatic rings. The lowest BCUT2D eigenvalue weighted by atomic mass is 10.2. The first-order chi connectivity index (χ1) is 8.09. The van der Waals surface area contributed by atoms with Gasteiger partial charge in [-0.2, -0.15) is 0 Å². The third-order valence-corrected chi connectivity index (χ3v) is 4.58. The molecule has 4 nitrogen and oxygen atoms in total. The van der Waals surface area contributed by atoms with Gasteiger partial charge in [0.2, 0.25) is 0 Å². The Balaban J connectivity index is 2.40. The van der Waals surface area contributed by atoms with Gasteiger partial charge < -0.3 is 9.47 Å². The topological polar surface area (TPSA) is 52.6 Å². The smallest absolute Gasteiger partial charge is 0.155 e. The van der Waals surface area contributed by atoms with Crippen LogP contribution in [0.25, 0.3) is 0 Å². The van der Waals surface area contributed by atoms with Crippen LogP contribution in [-0.2, 0) is 19.3 Å². The summed E-state index contributed by atoms with van der Waals surface area (Å²) in [5, 5.41) is 0. The van der Waals surface area contributed by atoms with Gasteiger partial charge in [0.25, 0.3) is 0 Å². The molecule has 0 unspecified atom stereocenters. The summed E-state index contributed by atoms with van der Waals surface area (Å²) >= 11 is 0. The average Bonchev–Trinajstić information content (AvgIpc) is 2.54. The Labute approximate surface area is 105 Å². The van der Waals surface area contributed by atoms with Crippen LogP contribution in [0.5, 0.6) is 0 Å². The third kappa shape index (κ3) is 5.36. The Bertz CT molecular complexity index is 276. The van der Waals surface area contributed by atoms with E-state index in [1.165, 1.54) is 0 Å². The summed E-state index contributed by atoms with van der Waals surface area (Å²) in [6.07, 6.45) is 3.53. The molecule has 0 amide bonds. The van der Waals surface area contributed by atoms with Crippen molar-refractivity contribution in [3.63, 3.8) is 0 Å². The summed E-state index contributed by atoms with van der Waals surface area (Å²) in [5.74, 6) is 0.237. The predicted molar refractivity (Wildman–Crippen MR) is 67.9 cm³/mol. The highest BCUT2D eigenvalue weighted by molar-refractivity contribution is 7.91. The van der Waals surface area contributed by atoms with E-state index in [1.54, 1.807) is 0 Å². The molecule has 17 heavy (non-hydrogen) atoms. The molecule has 1 rings (SSSR count). The first kappa shape index (κ1) is 14.9. The van der Waals surface area contributed by atoms with Gasteiger partial charge in [-0.25, -0.2) is 8.42 Å². The zero-order valence-corrected chi connectivity index (χ0v) is 11.7. The summed E-state index contributed by atoms with van der Waals surface area (Å²) in [5.41, 5.74) is 0. The largest absolute Gasteiger partial charge is 0.374 e. The van der Waals surface area contributed by atoms with Crippen molar-refractivity contribution < 1.29 is 17.9 Å². The number of sulfone groups is 1. The van der Waals surface area contributed by atoms with Gasteiger partial charge in [0.15, 0.2) is 9.84 Å². The highest BCUT2D eigenvalue weighted by Gasteiger charge is 2.38. The van der Waals surface area contributed by atoms with Crippen LogP contribution in [0.2, 0.25) is 0 Å². The fourth-order valence-electron chi connectivity index (χ4n) is 1.85. The molecule has 102 valence electrons. The standard InChI is InChI=1S/C12H24O4S/c1-3-5-7-15-11-9-17(13,14)10-12(11)16-8-6-4-2/h11-12H,3-10H2,1-2H3/t11-,12-/m1/s1. The molecule has 1 heterocycles. The zero-order chi connectivity index (χ0) is 12.7. The first-order valence-electron chi connectivity index (χ1n) is 6.52. The number of ether oxygens (including phenoxy) is 2. The average molecular weight is 264 g/mol. The first-order valence-corrected chi connectivity index (χ1v) is 8.34. The van der Waals surface area contributed by atoms with Crippen LogP contribution < -0.4 is 0 Å². The van der Waals surface area contributed by atoms with Gasteiger partial charge in [0.1, 0.15) is 0 Å². The SMILES string of the molecule is CCCCO[C@@H]1CS(=O)(=O)C[C@H]1OCCCC. The fraction of sp³-hybridized carbons (Fsp3) is 1.00. The van der Waals surface area contributed by atoms with Crippen molar-refractivity contribution >= 4 is 9.84 Å². The summed E-state index contributed by atoms with van der Waals surface area (Å²) in [4.78, 5) is 0. The molecule has 5 heteroatoms. The van der Waals surface area contributed by atoms with Crippen LogP contribution in [0, 0.1) is 0 Å². The quantitative estimate of drug-likeness (QED) is 0.627. The minimum Gasteiger partial charge on any atom is -0.374 e. The van der Waals surface area contributed by atoms with Crippen LogP contribution in [0.15, 0.2) is 0 Å². The van der Waals surface area contributed by atoms with E-state index >= 15 is 0 Å². The number of hydrogen-bond donors (Lipinski definition) is 0. The Kier molecular flexibility index (Phi) is 6.44. The van der Waals surface area contributed by atoms with E-state index in [1.807, 2.05) is 0 Å². The van der Waals surface area contributed by atoms with Crippen molar-refractivity contribution in [3.8, 4) is 0 Å². The van der Waals surface area contributed by atoms with Crippen LogP contribution in [0.4, 0.5) is 0 Å². The van der Waals surface area contributed by atoms with E-state index in [9.17, 15) is 8.42 Å². The third-order valence-electron chi connectivity index (χ3n) is 2.91. The van der Waals surface area contributed by atoms with E-state index in [0.29, 0.717) is 13.2 Å². The predicted octanol–water partition coefficient (Wildman–Crippen LogP) is 1.79. The summed E-state index contributed by atoms with van der Waals surface area (Å²) < 4.78 is 34.3. The summed E-state index contributed by atoms with van der Waals surface area (Å²) in [7, 11) is -2.97. The lowest BCUT2D eigenvalue weighted by molar-refractivity contribution is -0.0476. The minimum absolute atomic E-state index is 0.119. The maximum absolute atomic E-state index is 11.6. The lowest BCUT2D eigenvalue weighted by Crippen LogP contribution is -2.30. The molecule has 1 fully saturated rings. The lowest BCUT2D eigenvalue weighted by Gasteiger charge is -2.19. The second kappa shape index (κ2) is 7.34. The Morgan fingerprint density at radius 2 is 1.35 bits per heavy atom. The Morgan fingerprint density at radius 1 is 0.941 bits per heavy atom. The van der Waals surface area contributed by atoms with Crippen molar-refractivity contribution in [2.45, 2.75) is 51.7 Å². The van der Waals surface area contributed by atoms with Crippen molar-refractivity contribution in [1.82, 2.24) is 0 Å². The van der Waals surface area contributed by atoms with Crippen molar-refractivity contribution in [2.75, 3.05) is 24.7 Å². The van der Waals surface area contributed by atoms with Crippen LogP contribution >= 0.6 is 0 Å². The monoisotopic (exact) mass is 264 g/mol. The zero-order valence-electron chi connectivity index (χ0n) is 10.9. The number of rotatable bonds is 8. The van der Waals surface area contributed by atoms with Crippen molar-refractivity contribution in [3.05, 3.63) is 0 Å². The van der Waals surface area contributed by atoms with Crippen molar-refractivity contribution in [1.29, 1.82) is 0 Å². The van der Waals surface area contributed by atoms with Gasteiger partial charge in [0.05, 0.1) is 23.7 Å². The molecule has 0 aromatic heterocycles. The van der Waals surface area contributed by atoms with Gasteiger partial charge in [0, 0.05) is 13.2 Å². The molecule has 0 N–H and O–H groups in total. The second-order valence-corrected chi connectivity index (χ2v) is 6.76. The molecule has 2 atom stereocenters. The molecule has 1 saturated heterocycles. The van der Waals surface area contributed by atoms with Crippen molar-refractivity contribution in [2.24, 2.45) is 0 Å². The number of hydrogen-bond acceptors (Lipinski definition) is 4. The highest BCUT2D eigenvalue weighted by atomic mass is 32.2. The van der Waals surface area contributed by atoms with Crippen LogP contribution in [0.3, 0.4) is 0 Å². The number of unbranched alkanes of at least 4 members (excludes halogenated alkanes) is 2. The van der Waals surface area contributed by atoms with E-state index in [4.69, 9.17) is 9.47 Å². The molecule has 1 aliphatic heterocycles. The van der Waals surface area contributed by atoms with Crippen LogP contribution in [0.1, 0.15) is 39.5 Å². The molecule has 0 radical (unpaired) electrons. The van der Waals surface area contributed by atoms with Gasteiger partial charge in [-0.15, -0.1) is 0 Å². The van der Waals surface area contributed by atoms with E-state index in [2.05, 4.69) is 13.8 Å². The van der Waals surface area contributed by atoms with Gasteiger partial charge in [-0.1, -0.05) is 26.7 Å². The summed E-state index contributed by atoms with van der Waals surface area (Å²) in [6.45, 7) is 5.43. The minimum atomic E-state index is -2.97. The summed E-state index contributed by atoms with van der Waals surface area (Å²) in [6, 6.07) is 0. The molecule has 0 spiro atoms. The van der Waals surface area contributed by atoms with Gasteiger partial charge >= 0.3 is 0 Å². The van der Waals surface area contributed by atoms with Gasteiger partial charge in [-0.05, 0) is 12.8 Å². The molecule has 1 aliphatic rings. The van der Waals surface area contributed by atoms with Gasteiger partial charge in [-0.3, -0.25) is 0 Å². The van der Waals surface area contributed by atoms with E-state index in [0.717, 1.165) is 25.7 Å². The maximum atomic E-state index is 11.6.